The summed E-state index contributed by atoms with van der Waals surface area (Å²) in [6.45, 7) is 1.71. The number of carbonyl (C=O) groups is 1. The summed E-state index contributed by atoms with van der Waals surface area (Å²) in [6, 6.07) is 10.1. The molecule has 1 saturated heterocycles. The van der Waals surface area contributed by atoms with Crippen molar-refractivity contribution in [2.24, 2.45) is 5.41 Å². The van der Waals surface area contributed by atoms with Crippen LogP contribution < -0.4 is 10.0 Å². The summed E-state index contributed by atoms with van der Waals surface area (Å²) >= 11 is 0. The van der Waals surface area contributed by atoms with Crippen molar-refractivity contribution in [1.82, 2.24) is 14.9 Å². The van der Waals surface area contributed by atoms with E-state index in [1.54, 1.807) is 4.90 Å². The molecule has 1 atom stereocenters. The predicted molar refractivity (Wildman–Crippen MR) is 93.2 cm³/mol. The molecular weight excluding hydrogens is 326 g/mol. The van der Waals surface area contributed by atoms with Crippen LogP contribution >= 0.6 is 0 Å². The monoisotopic (exact) mass is 351 g/mol. The molecule has 0 spiro atoms. The number of benzene rings is 1. The van der Waals surface area contributed by atoms with E-state index in [1.807, 2.05) is 18.2 Å². The van der Waals surface area contributed by atoms with Gasteiger partial charge in [-0.2, -0.15) is 0 Å². The van der Waals surface area contributed by atoms with Crippen molar-refractivity contribution in [3.05, 3.63) is 35.9 Å². The largest absolute Gasteiger partial charge is 0.337 e. The van der Waals surface area contributed by atoms with Gasteiger partial charge in [0.2, 0.25) is 10.0 Å². The molecule has 1 aromatic carbocycles. The van der Waals surface area contributed by atoms with E-state index in [1.165, 1.54) is 5.56 Å². The van der Waals surface area contributed by atoms with Gasteiger partial charge < -0.3 is 10.2 Å². The maximum atomic E-state index is 12.3. The van der Waals surface area contributed by atoms with Crippen LogP contribution in [-0.2, 0) is 16.4 Å². The zero-order valence-electron chi connectivity index (χ0n) is 14.0. The molecule has 3 rings (SSSR count). The van der Waals surface area contributed by atoms with Gasteiger partial charge >= 0.3 is 6.03 Å². The topological polar surface area (TPSA) is 78.5 Å². The van der Waals surface area contributed by atoms with E-state index in [0.29, 0.717) is 26.1 Å². The van der Waals surface area contributed by atoms with Gasteiger partial charge in [-0.25, -0.2) is 17.9 Å². The Bertz CT molecular complexity index is 686. The highest BCUT2D eigenvalue weighted by molar-refractivity contribution is 7.88. The first kappa shape index (κ1) is 17.2. The number of amides is 2. The molecular formula is C17H25N3O3S. The lowest BCUT2D eigenvalue weighted by Crippen LogP contribution is -2.43. The molecule has 6 nitrogen and oxygen atoms in total. The maximum absolute atomic E-state index is 12.3. The first-order valence-corrected chi connectivity index (χ1v) is 10.3. The minimum atomic E-state index is -3.23. The molecule has 1 unspecified atom stereocenters. The highest BCUT2D eigenvalue weighted by atomic mass is 32.2. The third-order valence-corrected chi connectivity index (χ3v) is 5.61. The lowest BCUT2D eigenvalue weighted by molar-refractivity contribution is 0.205. The van der Waals surface area contributed by atoms with Crippen LogP contribution in [0.2, 0.25) is 0 Å². The number of hydrogen-bond acceptors (Lipinski definition) is 3. The normalized spacial score (nSPS) is 22.4. The van der Waals surface area contributed by atoms with Crippen LogP contribution in [0.4, 0.5) is 4.79 Å². The number of rotatable bonds is 6. The fourth-order valence-electron chi connectivity index (χ4n) is 3.34. The molecule has 2 fully saturated rings. The summed E-state index contributed by atoms with van der Waals surface area (Å²) in [5.74, 6) is 0. The predicted octanol–water partition coefficient (Wildman–Crippen LogP) is 1.34. The Balaban J connectivity index is 1.46. The van der Waals surface area contributed by atoms with Crippen molar-refractivity contribution >= 4 is 16.1 Å². The third kappa shape index (κ3) is 4.70. The number of likely N-dealkylation sites (tertiary alicyclic amines) is 1. The van der Waals surface area contributed by atoms with E-state index < -0.39 is 10.0 Å². The molecule has 1 saturated carbocycles. The quantitative estimate of drug-likeness (QED) is 0.812. The van der Waals surface area contributed by atoms with Crippen molar-refractivity contribution in [3.63, 3.8) is 0 Å². The van der Waals surface area contributed by atoms with E-state index in [2.05, 4.69) is 22.2 Å². The van der Waals surface area contributed by atoms with Crippen LogP contribution in [0.15, 0.2) is 30.3 Å². The van der Waals surface area contributed by atoms with Gasteiger partial charge in [0, 0.05) is 25.7 Å². The van der Waals surface area contributed by atoms with Crippen LogP contribution in [0.1, 0.15) is 24.8 Å². The molecule has 1 heterocycles. The minimum Gasteiger partial charge on any atom is -0.337 e. The highest BCUT2D eigenvalue weighted by Crippen LogP contribution is 2.47. The molecule has 2 amide bonds. The Hall–Kier alpha value is -1.60. The Kier molecular flexibility index (Phi) is 4.83. The van der Waals surface area contributed by atoms with Crippen molar-refractivity contribution in [1.29, 1.82) is 0 Å². The summed E-state index contributed by atoms with van der Waals surface area (Å²) in [5, 5.41) is 3.04. The molecule has 1 aliphatic carbocycles. The SMILES string of the molecule is CS(=O)(=O)NC1CCN(C(=O)NCC2(Cc3ccccc3)CC2)C1. The Morgan fingerprint density at radius 2 is 2.00 bits per heavy atom. The average Bonchev–Trinajstić information content (AvgIpc) is 3.13. The minimum absolute atomic E-state index is 0.0906. The van der Waals surface area contributed by atoms with Gasteiger partial charge in [0.25, 0.3) is 0 Å². The molecule has 132 valence electrons. The van der Waals surface area contributed by atoms with Gasteiger partial charge in [0.15, 0.2) is 0 Å². The summed E-state index contributed by atoms with van der Waals surface area (Å²) in [7, 11) is -3.23. The maximum Gasteiger partial charge on any atom is 0.317 e. The number of urea groups is 1. The Morgan fingerprint density at radius 3 is 2.62 bits per heavy atom. The van der Waals surface area contributed by atoms with Crippen LogP contribution in [0, 0.1) is 5.41 Å². The molecule has 24 heavy (non-hydrogen) atoms. The summed E-state index contributed by atoms with van der Waals surface area (Å²) < 4.78 is 25.1. The second kappa shape index (κ2) is 6.72. The van der Waals surface area contributed by atoms with Crippen LogP contribution in [-0.4, -0.2) is 51.3 Å². The average molecular weight is 351 g/mol. The van der Waals surface area contributed by atoms with Gasteiger partial charge in [-0.1, -0.05) is 30.3 Å². The van der Waals surface area contributed by atoms with E-state index in [9.17, 15) is 13.2 Å². The van der Waals surface area contributed by atoms with Gasteiger partial charge in [-0.05, 0) is 36.7 Å². The summed E-state index contributed by atoms with van der Waals surface area (Å²) in [4.78, 5) is 14.0. The molecule has 2 N–H and O–H groups in total. The van der Waals surface area contributed by atoms with Crippen molar-refractivity contribution in [2.45, 2.75) is 31.7 Å². The number of nitrogens with one attached hydrogen (secondary N) is 2. The summed E-state index contributed by atoms with van der Waals surface area (Å²) in [5.41, 5.74) is 1.50. The first-order valence-electron chi connectivity index (χ1n) is 8.39. The van der Waals surface area contributed by atoms with Gasteiger partial charge in [-0.3, -0.25) is 0 Å². The fraction of sp³-hybridized carbons (Fsp3) is 0.588. The summed E-state index contributed by atoms with van der Waals surface area (Å²) in [6.07, 6.45) is 5.08. The van der Waals surface area contributed by atoms with Crippen molar-refractivity contribution in [2.75, 3.05) is 25.9 Å². The number of carbonyl (C=O) groups excluding carboxylic acids is 1. The first-order chi connectivity index (χ1) is 11.4. The van der Waals surface area contributed by atoms with E-state index in [0.717, 1.165) is 25.5 Å². The molecule has 2 aliphatic rings. The van der Waals surface area contributed by atoms with Crippen molar-refractivity contribution < 1.29 is 13.2 Å². The highest BCUT2D eigenvalue weighted by Gasteiger charge is 2.43. The van der Waals surface area contributed by atoms with E-state index in [4.69, 9.17) is 0 Å². The number of sulfonamides is 1. The molecule has 1 aromatic rings. The molecule has 0 bridgehead atoms. The lowest BCUT2D eigenvalue weighted by Gasteiger charge is -2.21. The third-order valence-electron chi connectivity index (χ3n) is 4.85. The van der Waals surface area contributed by atoms with Gasteiger partial charge in [0.1, 0.15) is 0 Å². The second-order valence-electron chi connectivity index (χ2n) is 7.14. The van der Waals surface area contributed by atoms with Gasteiger partial charge in [0.05, 0.1) is 6.26 Å². The van der Waals surface area contributed by atoms with Crippen LogP contribution in [0.25, 0.3) is 0 Å². The van der Waals surface area contributed by atoms with Gasteiger partial charge in [-0.15, -0.1) is 0 Å². The lowest BCUT2D eigenvalue weighted by atomic mass is 9.96. The second-order valence-corrected chi connectivity index (χ2v) is 8.92. The standard InChI is InChI=1S/C17H25N3O3S/c1-24(22,23)19-15-7-10-20(12-15)16(21)18-13-17(8-9-17)11-14-5-3-2-4-6-14/h2-6,15,19H,7-13H2,1H3,(H,18,21). The van der Waals surface area contributed by atoms with Crippen molar-refractivity contribution in [3.8, 4) is 0 Å². The Labute approximate surface area is 143 Å². The molecule has 0 aromatic heterocycles. The smallest absolute Gasteiger partial charge is 0.317 e. The molecule has 0 radical (unpaired) electrons. The zero-order chi connectivity index (χ0) is 17.2. The zero-order valence-corrected chi connectivity index (χ0v) is 14.8. The Morgan fingerprint density at radius 1 is 1.29 bits per heavy atom. The number of nitrogens with zero attached hydrogens (tertiary/aromatic N) is 1. The van der Waals surface area contributed by atoms with Crippen LogP contribution in [0.5, 0.6) is 0 Å². The van der Waals surface area contributed by atoms with E-state index >= 15 is 0 Å². The van der Waals surface area contributed by atoms with E-state index in [-0.39, 0.29) is 17.5 Å². The molecule has 1 aliphatic heterocycles. The fourth-order valence-corrected chi connectivity index (χ4v) is 4.14. The van der Waals surface area contributed by atoms with Crippen LogP contribution in [0.3, 0.4) is 0 Å². The molecule has 7 heteroatoms. The number of hydrogen-bond donors (Lipinski definition) is 2.